The SMILES string of the molecule is CCc1[nH]c2ccccc2[n+]1CCC(C)C. The molecule has 0 saturated heterocycles. The Morgan fingerprint density at radius 3 is 2.69 bits per heavy atom. The molecule has 0 unspecified atom stereocenters. The number of aromatic nitrogens is 2. The van der Waals surface area contributed by atoms with Crippen molar-refractivity contribution in [2.24, 2.45) is 5.92 Å². The third-order valence-electron chi connectivity index (χ3n) is 3.06. The van der Waals surface area contributed by atoms with E-state index < -0.39 is 0 Å². The van der Waals surface area contributed by atoms with Gasteiger partial charge in [0.1, 0.15) is 0 Å². The lowest BCUT2D eigenvalue weighted by atomic mass is 10.1. The summed E-state index contributed by atoms with van der Waals surface area (Å²) >= 11 is 0. The number of hydrogen-bond acceptors (Lipinski definition) is 0. The van der Waals surface area contributed by atoms with Crippen molar-refractivity contribution in [1.29, 1.82) is 0 Å². The van der Waals surface area contributed by atoms with Crippen molar-refractivity contribution in [2.45, 2.75) is 40.2 Å². The molecule has 0 radical (unpaired) electrons. The average Bonchev–Trinajstić information content (AvgIpc) is 2.64. The van der Waals surface area contributed by atoms with Crippen LogP contribution in [0.25, 0.3) is 11.0 Å². The smallest absolute Gasteiger partial charge is 0.241 e. The van der Waals surface area contributed by atoms with Gasteiger partial charge >= 0.3 is 0 Å². The van der Waals surface area contributed by atoms with Gasteiger partial charge in [-0.25, -0.2) is 9.55 Å². The zero-order chi connectivity index (χ0) is 11.5. The van der Waals surface area contributed by atoms with Gasteiger partial charge in [-0.3, -0.25) is 0 Å². The average molecular weight is 217 g/mol. The Morgan fingerprint density at radius 2 is 2.00 bits per heavy atom. The van der Waals surface area contributed by atoms with E-state index in [0.29, 0.717) is 0 Å². The number of fused-ring (bicyclic) bond motifs is 1. The minimum Gasteiger partial charge on any atom is -0.241 e. The van der Waals surface area contributed by atoms with Crippen LogP contribution < -0.4 is 4.57 Å². The van der Waals surface area contributed by atoms with E-state index in [9.17, 15) is 0 Å². The molecule has 0 fully saturated rings. The number of benzene rings is 1. The Kier molecular flexibility index (Phi) is 3.28. The van der Waals surface area contributed by atoms with Gasteiger partial charge in [-0.05, 0) is 24.5 Å². The maximum absolute atomic E-state index is 3.50. The third kappa shape index (κ3) is 2.11. The quantitative estimate of drug-likeness (QED) is 0.759. The molecule has 1 N–H and O–H groups in total. The number of imidazole rings is 1. The highest BCUT2D eigenvalue weighted by atomic mass is 15.1. The molecule has 0 atom stereocenters. The highest BCUT2D eigenvalue weighted by molar-refractivity contribution is 5.70. The Morgan fingerprint density at radius 1 is 1.25 bits per heavy atom. The number of nitrogens with zero attached hydrogens (tertiary/aromatic N) is 1. The van der Waals surface area contributed by atoms with Crippen molar-refractivity contribution >= 4 is 11.0 Å². The summed E-state index contributed by atoms with van der Waals surface area (Å²) in [6.07, 6.45) is 2.30. The molecule has 0 amide bonds. The van der Waals surface area contributed by atoms with Crippen LogP contribution in [0.2, 0.25) is 0 Å². The topological polar surface area (TPSA) is 19.7 Å². The van der Waals surface area contributed by atoms with E-state index >= 15 is 0 Å². The maximum atomic E-state index is 3.50. The number of aryl methyl sites for hydroxylation is 2. The van der Waals surface area contributed by atoms with Crippen molar-refractivity contribution in [1.82, 2.24) is 4.98 Å². The van der Waals surface area contributed by atoms with Gasteiger partial charge in [0.15, 0.2) is 11.0 Å². The summed E-state index contributed by atoms with van der Waals surface area (Å²) in [6.45, 7) is 7.88. The Hall–Kier alpha value is -1.31. The second-order valence-electron chi connectivity index (χ2n) is 4.78. The Labute approximate surface area is 97.3 Å². The van der Waals surface area contributed by atoms with Crippen molar-refractivity contribution in [3.8, 4) is 0 Å². The fraction of sp³-hybridized carbons (Fsp3) is 0.500. The summed E-state index contributed by atoms with van der Waals surface area (Å²) in [5.74, 6) is 2.09. The fourth-order valence-electron chi connectivity index (χ4n) is 2.10. The van der Waals surface area contributed by atoms with Crippen LogP contribution >= 0.6 is 0 Å². The Balaban J connectivity index is 2.39. The van der Waals surface area contributed by atoms with Crippen molar-refractivity contribution in [3.05, 3.63) is 30.1 Å². The number of aromatic amines is 1. The van der Waals surface area contributed by atoms with E-state index in [0.717, 1.165) is 18.9 Å². The van der Waals surface area contributed by atoms with Gasteiger partial charge in [-0.1, -0.05) is 32.9 Å². The molecular formula is C14H21N2+. The summed E-state index contributed by atoms with van der Waals surface area (Å²) in [5, 5.41) is 0. The predicted molar refractivity (Wildman–Crippen MR) is 67.3 cm³/mol. The summed E-state index contributed by atoms with van der Waals surface area (Å²) in [6, 6.07) is 8.55. The molecule has 0 aliphatic rings. The Bertz CT molecular complexity index is 469. The molecular weight excluding hydrogens is 196 g/mol. The first-order chi connectivity index (χ1) is 7.72. The standard InChI is InChI=1S/C14H20N2/c1-4-14-15-12-7-5-6-8-13(12)16(14)10-9-11(2)3/h5-8,11H,4,9-10H2,1-3H3/p+1. The largest absolute Gasteiger partial charge is 0.254 e. The number of rotatable bonds is 4. The molecule has 0 saturated carbocycles. The van der Waals surface area contributed by atoms with Crippen LogP contribution in [0.15, 0.2) is 24.3 Å². The zero-order valence-electron chi connectivity index (χ0n) is 10.5. The lowest BCUT2D eigenvalue weighted by molar-refractivity contribution is -0.679. The van der Waals surface area contributed by atoms with Crippen LogP contribution in [-0.2, 0) is 13.0 Å². The first-order valence-corrected chi connectivity index (χ1v) is 6.21. The van der Waals surface area contributed by atoms with Gasteiger partial charge in [-0.2, -0.15) is 0 Å². The van der Waals surface area contributed by atoms with Crippen molar-refractivity contribution in [3.63, 3.8) is 0 Å². The van der Waals surface area contributed by atoms with E-state index in [1.165, 1.54) is 23.3 Å². The number of H-pyrrole nitrogens is 1. The summed E-state index contributed by atoms with van der Waals surface area (Å²) in [5.41, 5.74) is 2.59. The zero-order valence-corrected chi connectivity index (χ0v) is 10.5. The maximum Gasteiger partial charge on any atom is 0.254 e. The normalized spacial score (nSPS) is 11.5. The van der Waals surface area contributed by atoms with E-state index in [1.807, 2.05) is 0 Å². The van der Waals surface area contributed by atoms with Gasteiger partial charge in [0.25, 0.3) is 5.82 Å². The molecule has 0 aliphatic heterocycles. The molecule has 2 nitrogen and oxygen atoms in total. The molecule has 0 spiro atoms. The molecule has 16 heavy (non-hydrogen) atoms. The van der Waals surface area contributed by atoms with Gasteiger partial charge in [0.05, 0.1) is 6.54 Å². The van der Waals surface area contributed by atoms with E-state index in [-0.39, 0.29) is 0 Å². The second kappa shape index (κ2) is 4.69. The lowest BCUT2D eigenvalue weighted by Crippen LogP contribution is -2.37. The molecule has 86 valence electrons. The van der Waals surface area contributed by atoms with Gasteiger partial charge < -0.3 is 0 Å². The molecule has 2 heteroatoms. The van der Waals surface area contributed by atoms with Crippen LogP contribution in [0.5, 0.6) is 0 Å². The van der Waals surface area contributed by atoms with E-state index in [2.05, 4.69) is 54.6 Å². The number of nitrogens with one attached hydrogen (secondary N) is 1. The monoisotopic (exact) mass is 217 g/mol. The molecule has 1 aromatic carbocycles. The minimum absolute atomic E-state index is 0.755. The third-order valence-corrected chi connectivity index (χ3v) is 3.06. The number of hydrogen-bond donors (Lipinski definition) is 1. The molecule has 0 aliphatic carbocycles. The highest BCUT2D eigenvalue weighted by Crippen LogP contribution is 2.10. The molecule has 1 heterocycles. The van der Waals surface area contributed by atoms with Crippen LogP contribution in [0.3, 0.4) is 0 Å². The van der Waals surface area contributed by atoms with Gasteiger partial charge in [0.2, 0.25) is 0 Å². The van der Waals surface area contributed by atoms with Crippen molar-refractivity contribution in [2.75, 3.05) is 0 Å². The molecule has 0 bridgehead atoms. The van der Waals surface area contributed by atoms with E-state index in [1.54, 1.807) is 0 Å². The van der Waals surface area contributed by atoms with Gasteiger partial charge in [0, 0.05) is 6.42 Å². The first kappa shape index (κ1) is 11.2. The first-order valence-electron chi connectivity index (χ1n) is 6.21. The summed E-state index contributed by atoms with van der Waals surface area (Å²) < 4.78 is 2.43. The van der Waals surface area contributed by atoms with Gasteiger partial charge in [-0.15, -0.1) is 0 Å². The fourth-order valence-corrected chi connectivity index (χ4v) is 2.10. The van der Waals surface area contributed by atoms with Crippen LogP contribution in [0.4, 0.5) is 0 Å². The van der Waals surface area contributed by atoms with E-state index in [4.69, 9.17) is 0 Å². The highest BCUT2D eigenvalue weighted by Gasteiger charge is 2.15. The summed E-state index contributed by atoms with van der Waals surface area (Å²) in [4.78, 5) is 3.50. The van der Waals surface area contributed by atoms with Crippen LogP contribution in [0, 0.1) is 5.92 Å². The lowest BCUT2D eigenvalue weighted by Gasteiger charge is -2.03. The summed E-state index contributed by atoms with van der Waals surface area (Å²) in [7, 11) is 0. The number of para-hydroxylation sites is 2. The molecule has 1 aromatic heterocycles. The predicted octanol–water partition coefficient (Wildman–Crippen LogP) is 3.06. The minimum atomic E-state index is 0.755. The van der Waals surface area contributed by atoms with Crippen molar-refractivity contribution < 1.29 is 4.57 Å². The molecule has 2 aromatic rings. The molecule has 2 rings (SSSR count). The van der Waals surface area contributed by atoms with Crippen LogP contribution in [-0.4, -0.2) is 4.98 Å². The van der Waals surface area contributed by atoms with Crippen LogP contribution in [0.1, 0.15) is 33.0 Å². The second-order valence-corrected chi connectivity index (χ2v) is 4.78.